The minimum Gasteiger partial charge on any atom is -0.484 e. The van der Waals surface area contributed by atoms with Crippen LogP contribution in [0.2, 0.25) is 0 Å². The van der Waals surface area contributed by atoms with E-state index in [0.717, 1.165) is 36.0 Å². The summed E-state index contributed by atoms with van der Waals surface area (Å²) >= 11 is 0. The molecule has 1 fully saturated rings. The summed E-state index contributed by atoms with van der Waals surface area (Å²) in [4.78, 5) is 12.6. The van der Waals surface area contributed by atoms with Gasteiger partial charge in [-0.1, -0.05) is 18.6 Å². The van der Waals surface area contributed by atoms with Crippen LogP contribution in [0.3, 0.4) is 0 Å². The van der Waals surface area contributed by atoms with Crippen molar-refractivity contribution in [2.45, 2.75) is 44.9 Å². The number of aryl methyl sites for hydroxylation is 3. The summed E-state index contributed by atoms with van der Waals surface area (Å²) in [7, 11) is -3.55. The highest BCUT2D eigenvalue weighted by atomic mass is 32.2. The third-order valence-corrected chi connectivity index (χ3v) is 6.90. The zero-order valence-electron chi connectivity index (χ0n) is 17.2. The van der Waals surface area contributed by atoms with Gasteiger partial charge in [-0.15, -0.1) is 0 Å². The molecule has 0 saturated carbocycles. The number of piperidine rings is 1. The van der Waals surface area contributed by atoms with Crippen LogP contribution in [0.25, 0.3) is 0 Å². The topological polar surface area (TPSA) is 75.7 Å². The maximum Gasteiger partial charge on any atom is 0.262 e. The van der Waals surface area contributed by atoms with Gasteiger partial charge in [0, 0.05) is 18.8 Å². The first-order chi connectivity index (χ1) is 13.8. The maximum absolute atomic E-state index is 12.9. The molecule has 3 rings (SSSR count). The molecule has 156 valence electrons. The molecule has 7 heteroatoms. The van der Waals surface area contributed by atoms with Gasteiger partial charge in [-0.2, -0.15) is 4.31 Å². The Morgan fingerprint density at radius 1 is 1.00 bits per heavy atom. The monoisotopic (exact) mass is 416 g/mol. The van der Waals surface area contributed by atoms with Gasteiger partial charge >= 0.3 is 0 Å². The van der Waals surface area contributed by atoms with Crippen molar-refractivity contribution < 1.29 is 17.9 Å². The van der Waals surface area contributed by atoms with E-state index >= 15 is 0 Å². The van der Waals surface area contributed by atoms with E-state index in [0.29, 0.717) is 24.5 Å². The predicted octanol–water partition coefficient (Wildman–Crippen LogP) is 3.80. The molecule has 0 atom stereocenters. The molecule has 0 radical (unpaired) electrons. The van der Waals surface area contributed by atoms with Crippen molar-refractivity contribution in [2.24, 2.45) is 0 Å². The number of carbonyl (C=O) groups excluding carboxylic acids is 1. The van der Waals surface area contributed by atoms with Crippen molar-refractivity contribution in [2.75, 3.05) is 25.0 Å². The van der Waals surface area contributed by atoms with Gasteiger partial charge in [0.1, 0.15) is 5.75 Å². The second kappa shape index (κ2) is 8.97. The lowest BCUT2D eigenvalue weighted by Gasteiger charge is -2.26. The average molecular weight is 417 g/mol. The highest BCUT2D eigenvalue weighted by Gasteiger charge is 2.26. The Balaban J connectivity index is 1.70. The standard InChI is InChI=1S/C22H28N2O4S/c1-16-11-17(2)13-19(12-16)28-15-22(25)23-21-14-20(8-7-18(21)3)29(26,27)24-9-5-4-6-10-24/h7-8,11-14H,4-6,9-10,15H2,1-3H3,(H,23,25). The number of anilines is 1. The fourth-order valence-electron chi connectivity index (χ4n) is 3.50. The Bertz CT molecular complexity index is 976. The quantitative estimate of drug-likeness (QED) is 0.777. The third kappa shape index (κ3) is 5.36. The second-order valence-corrected chi connectivity index (χ2v) is 9.54. The van der Waals surface area contributed by atoms with Crippen LogP contribution >= 0.6 is 0 Å². The fourth-order valence-corrected chi connectivity index (χ4v) is 5.05. The van der Waals surface area contributed by atoms with E-state index in [2.05, 4.69) is 5.32 Å². The van der Waals surface area contributed by atoms with Gasteiger partial charge in [-0.3, -0.25) is 4.79 Å². The number of nitrogens with one attached hydrogen (secondary N) is 1. The summed E-state index contributed by atoms with van der Waals surface area (Å²) in [5.41, 5.74) is 3.40. The van der Waals surface area contributed by atoms with E-state index in [9.17, 15) is 13.2 Å². The zero-order valence-corrected chi connectivity index (χ0v) is 18.0. The van der Waals surface area contributed by atoms with E-state index in [1.807, 2.05) is 39.0 Å². The average Bonchev–Trinajstić information content (AvgIpc) is 2.68. The Morgan fingerprint density at radius 3 is 2.31 bits per heavy atom. The number of sulfonamides is 1. The molecule has 2 aromatic rings. The van der Waals surface area contributed by atoms with Gasteiger partial charge in [-0.25, -0.2) is 8.42 Å². The zero-order chi connectivity index (χ0) is 21.0. The maximum atomic E-state index is 12.9. The summed E-state index contributed by atoms with van der Waals surface area (Å²) in [6.07, 6.45) is 2.82. The molecule has 0 aliphatic carbocycles. The predicted molar refractivity (Wildman–Crippen MR) is 114 cm³/mol. The summed E-state index contributed by atoms with van der Waals surface area (Å²) < 4.78 is 32.9. The highest BCUT2D eigenvalue weighted by molar-refractivity contribution is 7.89. The van der Waals surface area contributed by atoms with E-state index in [4.69, 9.17) is 4.74 Å². The SMILES string of the molecule is Cc1cc(C)cc(OCC(=O)Nc2cc(S(=O)(=O)N3CCCCC3)ccc2C)c1. The first kappa shape index (κ1) is 21.3. The molecule has 2 aromatic carbocycles. The molecule has 1 heterocycles. The van der Waals surface area contributed by atoms with Crippen LogP contribution in [-0.2, 0) is 14.8 Å². The van der Waals surface area contributed by atoms with Crippen LogP contribution in [0.15, 0.2) is 41.3 Å². The summed E-state index contributed by atoms with van der Waals surface area (Å²) in [5, 5.41) is 2.78. The molecule has 1 aliphatic rings. The van der Waals surface area contributed by atoms with E-state index in [1.165, 1.54) is 10.4 Å². The number of hydrogen-bond acceptors (Lipinski definition) is 4. The molecule has 1 aliphatic heterocycles. The minimum atomic E-state index is -3.55. The molecule has 0 aromatic heterocycles. The molecule has 6 nitrogen and oxygen atoms in total. The van der Waals surface area contributed by atoms with Gasteiger partial charge in [0.15, 0.2) is 6.61 Å². The van der Waals surface area contributed by atoms with Crippen LogP contribution in [0, 0.1) is 20.8 Å². The van der Waals surface area contributed by atoms with Gasteiger partial charge in [-0.05, 0) is 74.6 Å². The summed E-state index contributed by atoms with van der Waals surface area (Å²) in [6, 6.07) is 10.6. The normalized spacial score (nSPS) is 15.1. The van der Waals surface area contributed by atoms with Gasteiger partial charge in [0.05, 0.1) is 4.90 Å². The van der Waals surface area contributed by atoms with Gasteiger partial charge in [0.2, 0.25) is 10.0 Å². The molecule has 0 unspecified atom stereocenters. The molecule has 0 spiro atoms. The van der Waals surface area contributed by atoms with Crippen LogP contribution in [-0.4, -0.2) is 38.3 Å². The van der Waals surface area contributed by atoms with E-state index in [-0.39, 0.29) is 17.4 Å². The molecular weight excluding hydrogens is 388 g/mol. The van der Waals surface area contributed by atoms with Gasteiger partial charge < -0.3 is 10.1 Å². The number of ether oxygens (including phenoxy) is 1. The van der Waals surface area contributed by atoms with Crippen molar-refractivity contribution in [1.82, 2.24) is 4.31 Å². The van der Waals surface area contributed by atoms with Gasteiger partial charge in [0.25, 0.3) is 5.91 Å². The van der Waals surface area contributed by atoms with Crippen molar-refractivity contribution in [3.8, 4) is 5.75 Å². The van der Waals surface area contributed by atoms with Crippen LogP contribution in [0.1, 0.15) is 36.0 Å². The second-order valence-electron chi connectivity index (χ2n) is 7.60. The number of hydrogen-bond donors (Lipinski definition) is 1. The van der Waals surface area contributed by atoms with Crippen molar-refractivity contribution >= 4 is 21.6 Å². The number of carbonyl (C=O) groups is 1. The lowest BCUT2D eigenvalue weighted by atomic mass is 10.1. The largest absolute Gasteiger partial charge is 0.484 e. The number of nitrogens with zero attached hydrogens (tertiary/aromatic N) is 1. The van der Waals surface area contributed by atoms with Crippen LogP contribution < -0.4 is 10.1 Å². The molecular formula is C22H28N2O4S. The molecule has 1 saturated heterocycles. The summed E-state index contributed by atoms with van der Waals surface area (Å²) in [5.74, 6) is 0.301. The molecule has 1 N–H and O–H groups in total. The summed E-state index contributed by atoms with van der Waals surface area (Å²) in [6.45, 7) is 6.71. The van der Waals surface area contributed by atoms with Crippen molar-refractivity contribution in [3.63, 3.8) is 0 Å². The fraction of sp³-hybridized carbons (Fsp3) is 0.409. The molecule has 29 heavy (non-hydrogen) atoms. The lowest BCUT2D eigenvalue weighted by molar-refractivity contribution is -0.118. The van der Waals surface area contributed by atoms with E-state index in [1.54, 1.807) is 12.1 Å². The Kier molecular flexibility index (Phi) is 6.59. The van der Waals surface area contributed by atoms with Crippen molar-refractivity contribution in [1.29, 1.82) is 0 Å². The molecule has 1 amide bonds. The molecule has 0 bridgehead atoms. The lowest BCUT2D eigenvalue weighted by Crippen LogP contribution is -2.35. The third-order valence-electron chi connectivity index (χ3n) is 5.00. The Hall–Kier alpha value is -2.38. The Labute approximate surface area is 172 Å². The first-order valence-corrected chi connectivity index (χ1v) is 11.3. The minimum absolute atomic E-state index is 0.147. The number of benzene rings is 2. The Morgan fingerprint density at radius 2 is 1.66 bits per heavy atom. The highest BCUT2D eigenvalue weighted by Crippen LogP contribution is 2.25. The number of rotatable bonds is 6. The smallest absolute Gasteiger partial charge is 0.262 e. The van der Waals surface area contributed by atoms with Crippen LogP contribution in [0.4, 0.5) is 5.69 Å². The number of amides is 1. The van der Waals surface area contributed by atoms with E-state index < -0.39 is 10.0 Å². The van der Waals surface area contributed by atoms with Crippen LogP contribution in [0.5, 0.6) is 5.75 Å². The first-order valence-electron chi connectivity index (χ1n) is 9.87. The van der Waals surface area contributed by atoms with Crippen molar-refractivity contribution in [3.05, 3.63) is 53.1 Å².